The summed E-state index contributed by atoms with van der Waals surface area (Å²) >= 11 is 0. The van der Waals surface area contributed by atoms with E-state index in [-0.39, 0.29) is 41.8 Å². The van der Waals surface area contributed by atoms with E-state index in [0.717, 1.165) is 0 Å². The largest absolute Gasteiger partial charge is 0.434 e. The summed E-state index contributed by atoms with van der Waals surface area (Å²) in [5.41, 5.74) is -0.0250. The molecule has 0 aromatic heterocycles. The lowest BCUT2D eigenvalue weighted by Crippen LogP contribution is -2.40. The summed E-state index contributed by atoms with van der Waals surface area (Å²) in [6.07, 6.45) is 0.203. The summed E-state index contributed by atoms with van der Waals surface area (Å²) in [5.74, 6) is -0.361. The molecule has 0 amide bonds. The molecule has 0 aliphatic carbocycles. The lowest BCUT2D eigenvalue weighted by molar-refractivity contribution is -0.0506. The van der Waals surface area contributed by atoms with Crippen molar-refractivity contribution in [2.24, 2.45) is 4.99 Å². The van der Waals surface area contributed by atoms with Crippen LogP contribution in [0.2, 0.25) is 0 Å². The highest BCUT2D eigenvalue weighted by Crippen LogP contribution is 2.24. The standard InChI is InChI=1S/C15H20F3N3O2.HI/c1-2-19-15(21-7-6-10(22)9-21)20-8-11-12(16)4-3-5-13(11)23-14(17)18;/h3-5,10,14,22H,2,6-9H2,1H3,(H,19,20);1H/t10-;/m1./s1. The second kappa shape index (κ2) is 9.92. The van der Waals surface area contributed by atoms with Crippen molar-refractivity contribution in [3.63, 3.8) is 0 Å². The molecule has 0 spiro atoms. The molecule has 1 aliphatic rings. The van der Waals surface area contributed by atoms with E-state index in [1.165, 1.54) is 18.2 Å². The van der Waals surface area contributed by atoms with Crippen molar-refractivity contribution in [1.29, 1.82) is 0 Å². The van der Waals surface area contributed by atoms with E-state index < -0.39 is 18.5 Å². The highest BCUT2D eigenvalue weighted by Gasteiger charge is 2.23. The number of benzene rings is 1. The monoisotopic (exact) mass is 459 g/mol. The van der Waals surface area contributed by atoms with Gasteiger partial charge in [0, 0.05) is 19.6 Å². The summed E-state index contributed by atoms with van der Waals surface area (Å²) in [6, 6.07) is 3.77. The molecule has 5 nitrogen and oxygen atoms in total. The maximum absolute atomic E-state index is 13.9. The van der Waals surface area contributed by atoms with Gasteiger partial charge in [-0.15, -0.1) is 24.0 Å². The molecule has 1 aliphatic heterocycles. The Morgan fingerprint density at radius 3 is 2.83 bits per heavy atom. The van der Waals surface area contributed by atoms with E-state index in [1.54, 1.807) is 0 Å². The number of rotatable bonds is 5. The molecular weight excluding hydrogens is 438 g/mol. The molecule has 0 saturated carbocycles. The Bertz CT molecular complexity index is 561. The second-order valence-electron chi connectivity index (χ2n) is 5.15. The summed E-state index contributed by atoms with van der Waals surface area (Å²) in [7, 11) is 0. The van der Waals surface area contributed by atoms with Gasteiger partial charge in [-0.25, -0.2) is 9.38 Å². The zero-order chi connectivity index (χ0) is 16.8. The highest BCUT2D eigenvalue weighted by molar-refractivity contribution is 14.0. The van der Waals surface area contributed by atoms with Crippen molar-refractivity contribution < 1.29 is 23.0 Å². The number of aliphatic hydroxyl groups is 1. The van der Waals surface area contributed by atoms with E-state index in [1.807, 2.05) is 11.8 Å². The molecule has 1 fully saturated rings. The van der Waals surface area contributed by atoms with Crippen molar-refractivity contribution in [2.75, 3.05) is 19.6 Å². The summed E-state index contributed by atoms with van der Waals surface area (Å²) in [4.78, 5) is 6.13. The number of guanidine groups is 1. The minimum atomic E-state index is -3.03. The van der Waals surface area contributed by atoms with Gasteiger partial charge in [0.1, 0.15) is 11.6 Å². The summed E-state index contributed by atoms with van der Waals surface area (Å²) in [5, 5.41) is 12.6. The van der Waals surface area contributed by atoms with Crippen molar-refractivity contribution in [3.05, 3.63) is 29.6 Å². The Morgan fingerprint density at radius 2 is 2.25 bits per heavy atom. The number of hydrogen-bond acceptors (Lipinski definition) is 3. The second-order valence-corrected chi connectivity index (χ2v) is 5.15. The SMILES string of the molecule is CCNC(=NCc1c(F)cccc1OC(F)F)N1CC[C@@H](O)C1.I. The number of ether oxygens (including phenoxy) is 1. The van der Waals surface area contributed by atoms with Crippen LogP contribution in [0.4, 0.5) is 13.2 Å². The lowest BCUT2D eigenvalue weighted by atomic mass is 10.2. The Kier molecular flexibility index (Phi) is 8.60. The third-order valence-electron chi connectivity index (χ3n) is 3.48. The van der Waals surface area contributed by atoms with Gasteiger partial charge in [0.2, 0.25) is 0 Å². The molecule has 1 atom stereocenters. The van der Waals surface area contributed by atoms with Crippen LogP contribution in [0, 0.1) is 5.82 Å². The van der Waals surface area contributed by atoms with E-state index in [2.05, 4.69) is 15.0 Å². The normalized spacial score (nSPS) is 17.8. The zero-order valence-corrected chi connectivity index (χ0v) is 15.5. The lowest BCUT2D eigenvalue weighted by Gasteiger charge is -2.21. The molecule has 2 rings (SSSR count). The first kappa shape index (κ1) is 20.8. The van der Waals surface area contributed by atoms with Crippen LogP contribution in [0.3, 0.4) is 0 Å². The van der Waals surface area contributed by atoms with Gasteiger partial charge in [0.25, 0.3) is 0 Å². The highest BCUT2D eigenvalue weighted by atomic mass is 127. The molecule has 1 heterocycles. The molecule has 24 heavy (non-hydrogen) atoms. The topological polar surface area (TPSA) is 57.1 Å². The third kappa shape index (κ3) is 5.69. The number of aliphatic imine (C=N–C) groups is 1. The molecule has 1 aromatic carbocycles. The minimum Gasteiger partial charge on any atom is -0.434 e. The van der Waals surface area contributed by atoms with E-state index in [0.29, 0.717) is 32.0 Å². The first-order chi connectivity index (χ1) is 11.0. The Hall–Kier alpha value is -1.23. The molecule has 2 N–H and O–H groups in total. The quantitative estimate of drug-likeness (QED) is 0.404. The number of β-amino-alcohol motifs (C(OH)–C–C–N with tert-alkyl or cyclic N) is 1. The number of alkyl halides is 2. The van der Waals surface area contributed by atoms with Gasteiger partial charge in [-0.2, -0.15) is 8.78 Å². The van der Waals surface area contributed by atoms with Crippen LogP contribution in [0.15, 0.2) is 23.2 Å². The zero-order valence-electron chi connectivity index (χ0n) is 13.2. The maximum Gasteiger partial charge on any atom is 0.387 e. The van der Waals surface area contributed by atoms with Crippen molar-refractivity contribution >= 4 is 29.9 Å². The number of likely N-dealkylation sites (tertiary alicyclic amines) is 1. The number of aliphatic hydroxyl groups excluding tert-OH is 1. The molecule has 0 bridgehead atoms. The van der Waals surface area contributed by atoms with Crippen LogP contribution in [0.1, 0.15) is 18.9 Å². The number of halogens is 4. The van der Waals surface area contributed by atoms with Crippen molar-refractivity contribution in [1.82, 2.24) is 10.2 Å². The average Bonchev–Trinajstić information content (AvgIpc) is 2.91. The van der Waals surface area contributed by atoms with Crippen LogP contribution >= 0.6 is 24.0 Å². The van der Waals surface area contributed by atoms with E-state index in [9.17, 15) is 18.3 Å². The average molecular weight is 459 g/mol. The molecule has 9 heteroatoms. The molecule has 1 aromatic rings. The van der Waals surface area contributed by atoms with Crippen molar-refractivity contribution in [2.45, 2.75) is 32.6 Å². The third-order valence-corrected chi connectivity index (χ3v) is 3.48. The van der Waals surface area contributed by atoms with Crippen LogP contribution in [-0.2, 0) is 6.54 Å². The molecule has 0 unspecified atom stereocenters. The summed E-state index contributed by atoms with van der Waals surface area (Å²) in [6.45, 7) is 0.388. The number of nitrogens with zero attached hydrogens (tertiary/aromatic N) is 2. The van der Waals surface area contributed by atoms with Gasteiger partial charge in [0.15, 0.2) is 5.96 Å². The van der Waals surface area contributed by atoms with Crippen LogP contribution in [0.25, 0.3) is 0 Å². The van der Waals surface area contributed by atoms with Crippen LogP contribution < -0.4 is 10.1 Å². The number of hydrogen-bond donors (Lipinski definition) is 2. The molecule has 0 radical (unpaired) electrons. The van der Waals surface area contributed by atoms with Crippen molar-refractivity contribution in [3.8, 4) is 5.75 Å². The molecule has 136 valence electrons. The Morgan fingerprint density at radius 1 is 1.50 bits per heavy atom. The first-order valence-electron chi connectivity index (χ1n) is 7.44. The van der Waals surface area contributed by atoms with Gasteiger partial charge in [0.05, 0.1) is 18.2 Å². The Balaban J connectivity index is 0.00000288. The fourth-order valence-corrected chi connectivity index (χ4v) is 2.41. The fourth-order valence-electron chi connectivity index (χ4n) is 2.41. The molecule has 1 saturated heterocycles. The Labute approximate surface area is 155 Å². The van der Waals surface area contributed by atoms with Gasteiger partial charge >= 0.3 is 6.61 Å². The van der Waals surface area contributed by atoms with E-state index in [4.69, 9.17) is 0 Å². The smallest absolute Gasteiger partial charge is 0.387 e. The maximum atomic E-state index is 13.9. The van der Waals surface area contributed by atoms with E-state index >= 15 is 0 Å². The number of nitrogens with one attached hydrogen (secondary N) is 1. The van der Waals surface area contributed by atoms with Gasteiger partial charge < -0.3 is 20.1 Å². The minimum absolute atomic E-state index is 0. The predicted octanol–water partition coefficient (Wildman–Crippen LogP) is 2.58. The van der Waals surface area contributed by atoms with Crippen LogP contribution in [0.5, 0.6) is 5.75 Å². The van der Waals surface area contributed by atoms with Gasteiger partial charge in [-0.05, 0) is 25.5 Å². The van der Waals surface area contributed by atoms with Gasteiger partial charge in [-0.3, -0.25) is 0 Å². The van der Waals surface area contributed by atoms with Crippen LogP contribution in [-0.4, -0.2) is 48.3 Å². The summed E-state index contributed by atoms with van der Waals surface area (Å²) < 4.78 is 43.1. The fraction of sp³-hybridized carbons (Fsp3) is 0.533. The van der Waals surface area contributed by atoms with Gasteiger partial charge in [-0.1, -0.05) is 6.07 Å². The predicted molar refractivity (Wildman–Crippen MR) is 95.5 cm³/mol. The molecular formula is C15H21F3IN3O2. The first-order valence-corrected chi connectivity index (χ1v) is 7.44.